The number of carboxylic acid groups (broad SMARTS) is 1. The van der Waals surface area contributed by atoms with Crippen LogP contribution < -0.4 is 10.6 Å². The number of carboxylic acids is 1. The average Bonchev–Trinajstić information content (AvgIpc) is 3.05. The number of amides is 1. The Morgan fingerprint density at radius 3 is 2.55 bits per heavy atom. The second-order valence-corrected chi connectivity index (χ2v) is 8.55. The highest BCUT2D eigenvalue weighted by Gasteiger charge is 2.33. The van der Waals surface area contributed by atoms with Crippen molar-refractivity contribution in [1.29, 1.82) is 0 Å². The van der Waals surface area contributed by atoms with Gasteiger partial charge in [0.05, 0.1) is 16.9 Å². The van der Waals surface area contributed by atoms with Gasteiger partial charge in [-0.3, -0.25) is 4.79 Å². The van der Waals surface area contributed by atoms with Crippen molar-refractivity contribution in [2.45, 2.75) is 25.8 Å². The first-order chi connectivity index (χ1) is 13.7. The number of nitrogens with zero attached hydrogens (tertiary/aromatic N) is 1. The van der Waals surface area contributed by atoms with Crippen LogP contribution in [0.2, 0.25) is 0 Å². The number of anilines is 2. The van der Waals surface area contributed by atoms with E-state index < -0.39 is 5.97 Å². The molecule has 0 aliphatic carbocycles. The molecule has 1 aliphatic heterocycles. The molecule has 0 radical (unpaired) electrons. The number of carbonyl (C=O) groups is 2. The molecule has 4 rings (SSSR count). The van der Waals surface area contributed by atoms with E-state index in [1.54, 1.807) is 30.3 Å². The number of fused-ring (bicyclic) bond motifs is 1. The molecule has 2 aromatic carbocycles. The number of aromatic nitrogens is 1. The van der Waals surface area contributed by atoms with E-state index in [4.69, 9.17) is 5.11 Å². The minimum Gasteiger partial charge on any atom is -0.506 e. The molecule has 0 saturated carbocycles. The van der Waals surface area contributed by atoms with Gasteiger partial charge in [0.1, 0.15) is 10.6 Å². The van der Waals surface area contributed by atoms with Crippen LogP contribution in [0.1, 0.15) is 39.6 Å². The minimum absolute atomic E-state index is 0.0499. The monoisotopic (exact) mass is 409 g/mol. The average molecular weight is 409 g/mol. The fourth-order valence-corrected chi connectivity index (χ4v) is 4.16. The second-order valence-electron chi connectivity index (χ2n) is 7.55. The van der Waals surface area contributed by atoms with Crippen LogP contribution in [0.3, 0.4) is 0 Å². The van der Waals surface area contributed by atoms with Gasteiger partial charge < -0.3 is 20.8 Å². The number of aromatic hydroxyl groups is 1. The molecule has 0 atom stereocenters. The maximum Gasteiger partial charge on any atom is 0.335 e. The van der Waals surface area contributed by atoms with Crippen LogP contribution in [-0.2, 0) is 6.42 Å². The molecule has 3 aromatic rings. The Morgan fingerprint density at radius 1 is 1.17 bits per heavy atom. The summed E-state index contributed by atoms with van der Waals surface area (Å²) in [6.07, 6.45) is 0.633. The van der Waals surface area contributed by atoms with Crippen molar-refractivity contribution in [2.75, 3.05) is 5.32 Å². The molecule has 0 bridgehead atoms. The Hall–Kier alpha value is -3.39. The Morgan fingerprint density at radius 2 is 1.86 bits per heavy atom. The highest BCUT2D eigenvalue weighted by Crippen LogP contribution is 2.36. The van der Waals surface area contributed by atoms with Crippen LogP contribution in [0.5, 0.6) is 5.75 Å². The van der Waals surface area contributed by atoms with E-state index in [1.807, 2.05) is 13.8 Å². The van der Waals surface area contributed by atoms with Crippen molar-refractivity contribution in [3.8, 4) is 16.9 Å². The van der Waals surface area contributed by atoms with Crippen molar-refractivity contribution in [1.82, 2.24) is 10.3 Å². The molecular formula is C21H19N3O4S. The third-order valence-corrected chi connectivity index (χ3v) is 5.68. The fraction of sp³-hybridized carbons (Fsp3) is 0.190. The van der Waals surface area contributed by atoms with Gasteiger partial charge in [-0.2, -0.15) is 0 Å². The first-order valence-electron chi connectivity index (χ1n) is 8.98. The summed E-state index contributed by atoms with van der Waals surface area (Å²) in [6.45, 7) is 3.90. The Bertz CT molecular complexity index is 1120. The van der Waals surface area contributed by atoms with E-state index in [0.29, 0.717) is 22.1 Å². The first kappa shape index (κ1) is 18.9. The summed E-state index contributed by atoms with van der Waals surface area (Å²) < 4.78 is 0. The van der Waals surface area contributed by atoms with Gasteiger partial charge in [0.15, 0.2) is 5.13 Å². The number of rotatable bonds is 4. The van der Waals surface area contributed by atoms with Gasteiger partial charge >= 0.3 is 5.97 Å². The molecule has 1 aliphatic rings. The number of hydrogen-bond donors (Lipinski definition) is 4. The molecule has 1 amide bonds. The second kappa shape index (κ2) is 6.89. The number of aromatic carboxylic acids is 1. The zero-order valence-corrected chi connectivity index (χ0v) is 16.6. The molecule has 4 N–H and O–H groups in total. The largest absolute Gasteiger partial charge is 0.506 e. The lowest BCUT2D eigenvalue weighted by molar-refractivity contribution is 0.0696. The molecule has 0 saturated heterocycles. The smallest absolute Gasteiger partial charge is 0.335 e. The van der Waals surface area contributed by atoms with Crippen molar-refractivity contribution in [3.63, 3.8) is 0 Å². The van der Waals surface area contributed by atoms with Crippen LogP contribution >= 0.6 is 11.3 Å². The van der Waals surface area contributed by atoms with Gasteiger partial charge in [0, 0.05) is 12.0 Å². The van der Waals surface area contributed by atoms with E-state index in [1.165, 1.54) is 23.5 Å². The first-order valence-corrected chi connectivity index (χ1v) is 9.79. The highest BCUT2D eigenvalue weighted by atomic mass is 32.1. The number of hydrogen-bond acceptors (Lipinski definition) is 6. The summed E-state index contributed by atoms with van der Waals surface area (Å²) in [6, 6.07) is 11.6. The van der Waals surface area contributed by atoms with Crippen molar-refractivity contribution in [2.24, 2.45) is 0 Å². The predicted molar refractivity (Wildman–Crippen MR) is 111 cm³/mol. The van der Waals surface area contributed by atoms with Gasteiger partial charge in [-0.1, -0.05) is 29.5 Å². The van der Waals surface area contributed by atoms with E-state index in [0.717, 1.165) is 16.8 Å². The SMILES string of the molecule is CC1(C)Cc2nc(Nc3cc(-c4ccc(C(=O)O)cc4)ccc3O)sc2C(=O)N1. The number of carbonyl (C=O) groups excluding carboxylic acids is 1. The third-order valence-electron chi connectivity index (χ3n) is 4.67. The van der Waals surface area contributed by atoms with Gasteiger partial charge in [-0.15, -0.1) is 0 Å². The van der Waals surface area contributed by atoms with E-state index in [9.17, 15) is 14.7 Å². The van der Waals surface area contributed by atoms with Gasteiger partial charge in [-0.25, -0.2) is 9.78 Å². The molecule has 1 aromatic heterocycles. The lowest BCUT2D eigenvalue weighted by Crippen LogP contribution is -2.48. The van der Waals surface area contributed by atoms with E-state index >= 15 is 0 Å². The molecule has 0 unspecified atom stereocenters. The van der Waals surface area contributed by atoms with Gasteiger partial charge in [0.25, 0.3) is 5.91 Å². The maximum atomic E-state index is 12.3. The van der Waals surface area contributed by atoms with Crippen LogP contribution in [0.15, 0.2) is 42.5 Å². The summed E-state index contributed by atoms with van der Waals surface area (Å²) in [5, 5.41) is 25.9. The van der Waals surface area contributed by atoms with Crippen LogP contribution in [0.4, 0.5) is 10.8 Å². The van der Waals surface area contributed by atoms with E-state index in [2.05, 4.69) is 15.6 Å². The zero-order chi connectivity index (χ0) is 20.8. The highest BCUT2D eigenvalue weighted by molar-refractivity contribution is 7.17. The Kier molecular flexibility index (Phi) is 4.50. The topological polar surface area (TPSA) is 112 Å². The summed E-state index contributed by atoms with van der Waals surface area (Å²) in [5.41, 5.74) is 2.68. The van der Waals surface area contributed by atoms with E-state index in [-0.39, 0.29) is 22.8 Å². The Labute approximate surface area is 171 Å². The molecular weight excluding hydrogens is 390 g/mol. The maximum absolute atomic E-state index is 12.3. The molecule has 8 heteroatoms. The quantitative estimate of drug-likeness (QED) is 0.484. The van der Waals surface area contributed by atoms with Crippen molar-refractivity contribution >= 4 is 34.0 Å². The van der Waals surface area contributed by atoms with Crippen molar-refractivity contribution < 1.29 is 19.8 Å². The summed E-state index contributed by atoms with van der Waals surface area (Å²) in [7, 11) is 0. The van der Waals surface area contributed by atoms with Crippen molar-refractivity contribution in [3.05, 3.63) is 58.6 Å². The third kappa shape index (κ3) is 3.79. The number of benzene rings is 2. The van der Waals surface area contributed by atoms with Crippen LogP contribution in [0, 0.1) is 0 Å². The molecule has 0 fully saturated rings. The lowest BCUT2D eigenvalue weighted by Gasteiger charge is -2.29. The number of nitrogens with one attached hydrogen (secondary N) is 2. The number of thiazole rings is 1. The molecule has 29 heavy (non-hydrogen) atoms. The Balaban J connectivity index is 1.62. The number of phenols is 1. The molecule has 7 nitrogen and oxygen atoms in total. The standard InChI is InChI=1S/C21H19N3O4S/c1-21(2)10-15-17(18(26)24-21)29-20(23-15)22-14-9-13(7-8-16(14)25)11-3-5-12(6-4-11)19(27)28/h3-9,25H,10H2,1-2H3,(H,22,23)(H,24,26)(H,27,28). The van der Waals surface area contributed by atoms with Crippen LogP contribution in [0.25, 0.3) is 11.1 Å². The molecule has 2 heterocycles. The fourth-order valence-electron chi connectivity index (χ4n) is 3.27. The minimum atomic E-state index is -0.982. The number of phenolic OH excluding ortho intramolecular Hbond substituents is 1. The van der Waals surface area contributed by atoms with Crippen LogP contribution in [-0.4, -0.2) is 32.6 Å². The molecule has 0 spiro atoms. The van der Waals surface area contributed by atoms with Gasteiger partial charge in [-0.05, 0) is 49.2 Å². The predicted octanol–water partition coefficient (Wildman–Crippen LogP) is 4.02. The molecule has 148 valence electrons. The summed E-state index contributed by atoms with van der Waals surface area (Å²) in [4.78, 5) is 28.4. The zero-order valence-electron chi connectivity index (χ0n) is 15.8. The normalized spacial score (nSPS) is 14.8. The summed E-state index contributed by atoms with van der Waals surface area (Å²) >= 11 is 1.24. The van der Waals surface area contributed by atoms with Gasteiger partial charge in [0.2, 0.25) is 0 Å². The summed E-state index contributed by atoms with van der Waals surface area (Å²) in [5.74, 6) is -1.07. The lowest BCUT2D eigenvalue weighted by atomic mass is 9.94.